The van der Waals surface area contributed by atoms with Gasteiger partial charge in [-0.2, -0.15) is 0 Å². The molecule has 3 heterocycles. The van der Waals surface area contributed by atoms with Crippen molar-refractivity contribution in [1.82, 2.24) is 15.2 Å². The highest BCUT2D eigenvalue weighted by Crippen LogP contribution is 2.28. The maximum Gasteiger partial charge on any atom is 0.410 e. The number of terminal acetylenes is 1. The Bertz CT molecular complexity index is 900. The molecule has 4 rings (SSSR count). The number of hydrogen-bond donors (Lipinski definition) is 1. The summed E-state index contributed by atoms with van der Waals surface area (Å²) in [6.45, 7) is 13.6. The van der Waals surface area contributed by atoms with Gasteiger partial charge < -0.3 is 24.5 Å². The third-order valence-corrected chi connectivity index (χ3v) is 4.72. The van der Waals surface area contributed by atoms with Crippen molar-refractivity contribution >= 4 is 12.9 Å². The zero-order valence-corrected chi connectivity index (χ0v) is 20.1. The quantitative estimate of drug-likeness (QED) is 0.612. The van der Waals surface area contributed by atoms with Gasteiger partial charge in [-0.25, -0.2) is 4.79 Å². The fourth-order valence-corrected chi connectivity index (χ4v) is 3.21. The van der Waals surface area contributed by atoms with E-state index in [4.69, 9.17) is 14.3 Å². The van der Waals surface area contributed by atoms with Gasteiger partial charge in [0.1, 0.15) is 24.7 Å². The lowest BCUT2D eigenvalue weighted by atomic mass is 10.0. The highest BCUT2D eigenvalue weighted by atomic mass is 16.6. The molecule has 2 aromatic rings. The average molecular weight is 454 g/mol. The van der Waals surface area contributed by atoms with Crippen molar-refractivity contribution in [3.63, 3.8) is 0 Å². The van der Waals surface area contributed by atoms with Crippen molar-refractivity contribution in [3.05, 3.63) is 58.9 Å². The van der Waals surface area contributed by atoms with E-state index in [1.54, 1.807) is 4.90 Å². The molecule has 7 heteroatoms. The van der Waals surface area contributed by atoms with Gasteiger partial charge in [-0.3, -0.25) is 4.98 Å². The Kier molecular flexibility index (Phi) is 11.7. The smallest absolute Gasteiger partial charge is 0.410 e. The Morgan fingerprint density at radius 1 is 1.15 bits per heavy atom. The number of fused-ring (bicyclic) bond motifs is 2. The van der Waals surface area contributed by atoms with Crippen LogP contribution in [0.3, 0.4) is 0 Å². The molecule has 2 aliphatic heterocycles. The number of hydrogen-bond acceptors (Lipinski definition) is 6. The predicted octanol–water partition coefficient (Wildman–Crippen LogP) is 3.76. The van der Waals surface area contributed by atoms with Gasteiger partial charge in [0.2, 0.25) is 0 Å². The van der Waals surface area contributed by atoms with E-state index in [-0.39, 0.29) is 11.7 Å². The first-order chi connectivity index (χ1) is 15.8. The molecule has 0 atom stereocenters. The first-order valence-electron chi connectivity index (χ1n) is 10.8. The van der Waals surface area contributed by atoms with E-state index in [2.05, 4.69) is 54.3 Å². The number of nitrogens with zero attached hydrogens (tertiary/aromatic N) is 2. The highest BCUT2D eigenvalue weighted by molar-refractivity contribution is 5.68. The fourth-order valence-electron chi connectivity index (χ4n) is 3.21. The van der Waals surface area contributed by atoms with Gasteiger partial charge in [-0.1, -0.05) is 18.2 Å². The van der Waals surface area contributed by atoms with Gasteiger partial charge in [0.05, 0.1) is 5.69 Å². The standard InChI is InChI=1S/C14H13NO.C9H18N2O2.C2H2.CH2O/c1-10-4-5-11-8-13-12(3-2-6-15-13)9-16-14(11)7-10;1-9(2,3)13-8(12)11-6-4-10-5-7-11;2*1-2/h2-7H,8-9H2,1H3;10H,4-7H2,1-3H3;1-2H;1H2. The lowest BCUT2D eigenvalue weighted by Gasteiger charge is -2.30. The Morgan fingerprint density at radius 3 is 2.45 bits per heavy atom. The van der Waals surface area contributed by atoms with Crippen LogP contribution in [-0.4, -0.2) is 54.5 Å². The van der Waals surface area contributed by atoms with Crippen LogP contribution in [0.25, 0.3) is 0 Å². The van der Waals surface area contributed by atoms with E-state index in [9.17, 15) is 4.79 Å². The van der Waals surface area contributed by atoms with Crippen LogP contribution in [0.2, 0.25) is 0 Å². The summed E-state index contributed by atoms with van der Waals surface area (Å²) in [5.74, 6) is 0.998. The van der Waals surface area contributed by atoms with Gasteiger partial charge in [0.15, 0.2) is 0 Å². The molecule has 0 spiro atoms. The Morgan fingerprint density at radius 2 is 1.82 bits per heavy atom. The van der Waals surface area contributed by atoms with E-state index in [1.165, 1.54) is 16.7 Å². The molecule has 1 saturated heterocycles. The van der Waals surface area contributed by atoms with Crippen molar-refractivity contribution < 1.29 is 19.1 Å². The molecule has 0 saturated carbocycles. The lowest BCUT2D eigenvalue weighted by Crippen LogP contribution is -2.48. The molecule has 33 heavy (non-hydrogen) atoms. The maximum atomic E-state index is 11.5. The fraction of sp³-hybridized carbons (Fsp3) is 0.423. The SMILES string of the molecule is C#C.C=O.CC(C)(C)OC(=O)N1CCNCC1.Cc1ccc2c(c1)OCc1cccnc1C2. The van der Waals surface area contributed by atoms with E-state index >= 15 is 0 Å². The number of carbonyl (C=O) groups excluding carboxylic acids is 2. The van der Waals surface area contributed by atoms with Crippen LogP contribution < -0.4 is 10.1 Å². The lowest BCUT2D eigenvalue weighted by molar-refractivity contribution is -0.0980. The molecule has 1 aromatic carbocycles. The van der Waals surface area contributed by atoms with Crippen LogP contribution in [0, 0.1) is 19.8 Å². The Hall–Kier alpha value is -3.37. The number of piperazine rings is 1. The molecule has 1 aromatic heterocycles. The number of rotatable bonds is 0. The number of amides is 1. The molecule has 178 valence electrons. The van der Waals surface area contributed by atoms with E-state index in [1.807, 2.05) is 39.8 Å². The van der Waals surface area contributed by atoms with Gasteiger partial charge in [0, 0.05) is 49.9 Å². The topological polar surface area (TPSA) is 80.8 Å². The van der Waals surface area contributed by atoms with Gasteiger partial charge >= 0.3 is 6.09 Å². The molecule has 7 nitrogen and oxygen atoms in total. The van der Waals surface area contributed by atoms with Crippen LogP contribution >= 0.6 is 0 Å². The normalized spacial score (nSPS) is 13.9. The summed E-state index contributed by atoms with van der Waals surface area (Å²) in [5, 5.41) is 3.18. The summed E-state index contributed by atoms with van der Waals surface area (Å²) in [4.78, 5) is 25.6. The number of ether oxygens (including phenoxy) is 2. The summed E-state index contributed by atoms with van der Waals surface area (Å²) in [6.07, 6.45) is 10.5. The van der Waals surface area contributed by atoms with Crippen LogP contribution in [0.15, 0.2) is 36.5 Å². The van der Waals surface area contributed by atoms with Crippen molar-refractivity contribution in [2.75, 3.05) is 26.2 Å². The summed E-state index contributed by atoms with van der Waals surface area (Å²) >= 11 is 0. The number of benzene rings is 1. The minimum absolute atomic E-state index is 0.200. The number of aryl methyl sites for hydroxylation is 1. The van der Waals surface area contributed by atoms with Crippen molar-refractivity contribution in [2.45, 2.75) is 46.3 Å². The van der Waals surface area contributed by atoms with Gasteiger partial charge in [0.25, 0.3) is 0 Å². The van der Waals surface area contributed by atoms with E-state index < -0.39 is 0 Å². The number of nitrogens with one attached hydrogen (secondary N) is 1. The predicted molar refractivity (Wildman–Crippen MR) is 130 cm³/mol. The molecule has 1 N–H and O–H groups in total. The van der Waals surface area contributed by atoms with Crippen LogP contribution in [0.4, 0.5) is 4.79 Å². The Labute approximate surface area is 197 Å². The second-order valence-electron chi connectivity index (χ2n) is 8.40. The largest absolute Gasteiger partial charge is 0.489 e. The second kappa shape index (κ2) is 13.9. The molecule has 1 amide bonds. The van der Waals surface area contributed by atoms with Gasteiger partial charge in [-0.15, -0.1) is 12.8 Å². The first kappa shape index (κ1) is 27.7. The number of carbonyl (C=O) groups is 2. The Balaban J connectivity index is 0.000000293. The molecule has 2 aliphatic rings. The summed E-state index contributed by atoms with van der Waals surface area (Å²) in [6, 6.07) is 10.4. The number of aromatic nitrogens is 1. The molecular formula is C26H35N3O4. The third-order valence-electron chi connectivity index (χ3n) is 4.72. The van der Waals surface area contributed by atoms with Crippen molar-refractivity contribution in [2.24, 2.45) is 0 Å². The summed E-state index contributed by atoms with van der Waals surface area (Å²) in [7, 11) is 0. The summed E-state index contributed by atoms with van der Waals surface area (Å²) in [5.41, 5.74) is 4.39. The van der Waals surface area contributed by atoms with Crippen LogP contribution in [-0.2, 0) is 22.6 Å². The van der Waals surface area contributed by atoms with Crippen LogP contribution in [0.1, 0.15) is 43.2 Å². The minimum Gasteiger partial charge on any atom is -0.489 e. The molecule has 0 aliphatic carbocycles. The second-order valence-corrected chi connectivity index (χ2v) is 8.40. The minimum atomic E-state index is -0.387. The zero-order chi connectivity index (χ0) is 24.9. The van der Waals surface area contributed by atoms with Gasteiger partial charge in [-0.05, 0) is 45.4 Å². The molecule has 1 fully saturated rings. The van der Waals surface area contributed by atoms with Crippen molar-refractivity contribution in [3.8, 4) is 18.6 Å². The van der Waals surface area contributed by atoms with E-state index in [0.717, 1.165) is 44.0 Å². The maximum absolute atomic E-state index is 11.5. The number of pyridine rings is 1. The first-order valence-corrected chi connectivity index (χ1v) is 10.8. The molecular weight excluding hydrogens is 418 g/mol. The third kappa shape index (κ3) is 9.34. The summed E-state index contributed by atoms with van der Waals surface area (Å²) < 4.78 is 11.1. The average Bonchev–Trinajstić information content (AvgIpc) is 3.01. The monoisotopic (exact) mass is 453 g/mol. The molecule has 0 unspecified atom stereocenters. The molecule has 0 radical (unpaired) electrons. The molecule has 0 bridgehead atoms. The van der Waals surface area contributed by atoms with Crippen molar-refractivity contribution in [1.29, 1.82) is 0 Å². The van der Waals surface area contributed by atoms with Crippen LogP contribution in [0.5, 0.6) is 5.75 Å². The zero-order valence-electron chi connectivity index (χ0n) is 20.1. The van der Waals surface area contributed by atoms with E-state index in [0.29, 0.717) is 6.61 Å². The highest BCUT2D eigenvalue weighted by Gasteiger charge is 2.22.